The molecule has 1 N–H and O–H groups in total. The first-order chi connectivity index (χ1) is 23.9. The second kappa shape index (κ2) is 18.5. The van der Waals surface area contributed by atoms with Gasteiger partial charge in [0, 0.05) is 54.3 Å². The zero-order valence-corrected chi connectivity index (χ0v) is 30.0. The van der Waals surface area contributed by atoms with Crippen LogP contribution in [0.25, 0.3) is 17.2 Å². The molecule has 0 radical (unpaired) electrons. The van der Waals surface area contributed by atoms with Crippen LogP contribution >= 0.6 is 0 Å². The van der Waals surface area contributed by atoms with E-state index in [1.54, 1.807) is 12.5 Å². The van der Waals surface area contributed by atoms with E-state index in [0.29, 0.717) is 35.1 Å². The summed E-state index contributed by atoms with van der Waals surface area (Å²) in [5.41, 5.74) is 6.55. The minimum absolute atomic E-state index is 0.174. The Balaban J connectivity index is 1.27. The molecule has 9 heteroatoms. The third kappa shape index (κ3) is 10.4. The average molecular weight is 683 g/mol. The average Bonchev–Trinajstić information content (AvgIpc) is 3.57. The number of anilines is 2. The van der Waals surface area contributed by atoms with E-state index in [-0.39, 0.29) is 5.91 Å². The summed E-state index contributed by atoms with van der Waals surface area (Å²) >= 11 is 0. The summed E-state index contributed by atoms with van der Waals surface area (Å²) in [6.07, 6.45) is 12.3. The Morgan fingerprint density at radius 3 is 2.41 bits per heavy atom. The van der Waals surface area contributed by atoms with Crippen molar-refractivity contribution in [2.24, 2.45) is 0 Å². The number of aryl methyl sites for hydroxylation is 1. The molecule has 5 rings (SSSR count). The Bertz CT molecular complexity index is 1690. The van der Waals surface area contributed by atoms with Crippen molar-refractivity contribution in [2.75, 3.05) is 43.1 Å². The third-order valence-corrected chi connectivity index (χ3v) is 10.1. The van der Waals surface area contributed by atoms with E-state index < -0.39 is 10.8 Å². The van der Waals surface area contributed by atoms with Crippen molar-refractivity contribution >= 4 is 34.2 Å². The number of benzene rings is 3. The fourth-order valence-corrected chi connectivity index (χ4v) is 7.05. The number of amides is 1. The number of carbonyl (C=O) groups excluding carboxylic acids is 1. The molecule has 1 aliphatic heterocycles. The summed E-state index contributed by atoms with van der Waals surface area (Å²) in [7, 11) is -1.21. The van der Waals surface area contributed by atoms with Crippen molar-refractivity contribution in [2.45, 2.75) is 76.5 Å². The molecule has 0 spiro atoms. The Morgan fingerprint density at radius 2 is 1.67 bits per heavy atom. The van der Waals surface area contributed by atoms with Crippen molar-refractivity contribution in [3.63, 3.8) is 0 Å². The van der Waals surface area contributed by atoms with Crippen LogP contribution in [0.2, 0.25) is 0 Å². The van der Waals surface area contributed by atoms with E-state index in [4.69, 9.17) is 9.47 Å². The molecule has 8 nitrogen and oxygen atoms in total. The number of hydrogen-bond donors (Lipinski definition) is 1. The third-order valence-electron chi connectivity index (χ3n) is 8.70. The van der Waals surface area contributed by atoms with Gasteiger partial charge in [-0.2, -0.15) is 0 Å². The predicted octanol–water partition coefficient (Wildman–Crippen LogP) is 8.50. The molecule has 2 heterocycles. The molecule has 1 atom stereocenters. The monoisotopic (exact) mass is 682 g/mol. The Labute approximate surface area is 294 Å². The number of aromatic nitrogens is 2. The van der Waals surface area contributed by atoms with Gasteiger partial charge in [0.15, 0.2) is 0 Å². The van der Waals surface area contributed by atoms with Gasteiger partial charge in [-0.05, 0) is 110 Å². The summed E-state index contributed by atoms with van der Waals surface area (Å²) in [6, 6.07) is 21.9. The number of unbranched alkanes of at least 4 members (excludes halogenated alkanes) is 1. The molecule has 0 aliphatic carbocycles. The number of piperidine rings is 1. The van der Waals surface area contributed by atoms with Gasteiger partial charge < -0.3 is 24.3 Å². The maximum Gasteiger partial charge on any atom is 0.251 e. The molecule has 0 saturated carbocycles. The second-order valence-corrected chi connectivity index (χ2v) is 14.0. The number of carbonyl (C=O) groups is 1. The lowest BCUT2D eigenvalue weighted by molar-refractivity contribution is -0.112. The zero-order chi connectivity index (χ0) is 34.4. The van der Waals surface area contributed by atoms with Crippen LogP contribution in [-0.4, -0.2) is 52.6 Å². The Kier molecular flexibility index (Phi) is 13.6. The van der Waals surface area contributed by atoms with Crippen LogP contribution in [0, 0.1) is 0 Å². The van der Waals surface area contributed by atoms with Crippen LogP contribution in [0.5, 0.6) is 5.75 Å². The molecule has 4 aromatic rings. The zero-order valence-electron chi connectivity index (χ0n) is 29.2. The minimum Gasteiger partial charge on any atom is -0.491 e. The molecule has 1 aromatic heterocycles. The lowest BCUT2D eigenvalue weighted by Crippen LogP contribution is -2.30. The molecule has 1 fully saturated rings. The quantitative estimate of drug-likeness (QED) is 0.0888. The number of hydrogen-bond acceptors (Lipinski definition) is 6. The molecule has 3 aromatic carbocycles. The topological polar surface area (TPSA) is 85.7 Å². The van der Waals surface area contributed by atoms with E-state index in [9.17, 15) is 9.00 Å². The van der Waals surface area contributed by atoms with Gasteiger partial charge in [-0.1, -0.05) is 38.5 Å². The number of imidazole rings is 1. The highest BCUT2D eigenvalue weighted by Crippen LogP contribution is 2.32. The normalized spacial score (nSPS) is 14.1. The van der Waals surface area contributed by atoms with Crippen molar-refractivity contribution in [1.29, 1.82) is 0 Å². The largest absolute Gasteiger partial charge is 0.491 e. The predicted molar refractivity (Wildman–Crippen MR) is 201 cm³/mol. The molecule has 1 aliphatic rings. The summed E-state index contributed by atoms with van der Waals surface area (Å²) in [4.78, 5) is 20.8. The lowest BCUT2D eigenvalue weighted by Gasteiger charge is -2.30. The first-order valence-corrected chi connectivity index (χ1v) is 18.9. The van der Waals surface area contributed by atoms with Gasteiger partial charge in [-0.3, -0.25) is 9.00 Å². The van der Waals surface area contributed by atoms with Crippen molar-refractivity contribution in [3.8, 4) is 16.9 Å². The van der Waals surface area contributed by atoms with Crippen LogP contribution in [0.3, 0.4) is 0 Å². The molecule has 260 valence electrons. The van der Waals surface area contributed by atoms with Crippen LogP contribution in [-0.2, 0) is 32.6 Å². The van der Waals surface area contributed by atoms with E-state index in [0.717, 1.165) is 79.3 Å². The standard InChI is InChI=1S/C40H50N4O4S/c1-4-6-23-47-24-25-48-37-15-10-32(11-16-37)33-12-19-39(43-21-8-7-9-22-43)34(27-33)26-31(3)40(45)42-35-13-17-38(18-14-35)49(46)29-36-28-41-30-44(36)20-5-2/h10-19,26-28,30H,4-9,20-25,29H2,1-3H3,(H,42,45). The minimum atomic E-state index is -1.21. The molecule has 1 unspecified atom stereocenters. The molecule has 49 heavy (non-hydrogen) atoms. The van der Waals surface area contributed by atoms with Crippen LogP contribution in [0.15, 0.2) is 89.7 Å². The first kappa shape index (κ1) is 36.1. The van der Waals surface area contributed by atoms with Crippen molar-refractivity contribution in [3.05, 3.63) is 96.1 Å². The number of nitrogens with one attached hydrogen (secondary N) is 1. The summed E-state index contributed by atoms with van der Waals surface area (Å²) in [5, 5.41) is 3.03. The molecule has 1 amide bonds. The first-order valence-electron chi connectivity index (χ1n) is 17.6. The summed E-state index contributed by atoms with van der Waals surface area (Å²) in [6.45, 7) is 10.9. The summed E-state index contributed by atoms with van der Waals surface area (Å²) in [5.74, 6) is 1.05. The summed E-state index contributed by atoms with van der Waals surface area (Å²) < 4.78 is 26.6. The van der Waals surface area contributed by atoms with Crippen molar-refractivity contribution < 1.29 is 18.5 Å². The maximum atomic E-state index is 13.4. The van der Waals surface area contributed by atoms with Gasteiger partial charge in [-0.25, -0.2) is 4.98 Å². The molecule has 1 saturated heterocycles. The van der Waals surface area contributed by atoms with Crippen LogP contribution < -0.4 is 15.0 Å². The van der Waals surface area contributed by atoms with Gasteiger partial charge in [0.2, 0.25) is 0 Å². The van der Waals surface area contributed by atoms with Gasteiger partial charge in [0.05, 0.1) is 35.2 Å². The molecular formula is C40H50N4O4S. The maximum absolute atomic E-state index is 13.4. The highest BCUT2D eigenvalue weighted by Gasteiger charge is 2.16. The SMILES string of the molecule is CCCCOCCOc1ccc(-c2ccc(N3CCCCC3)c(C=C(C)C(=O)Nc3ccc(S(=O)Cc4cncn4CCC)cc3)c2)cc1. The van der Waals surface area contributed by atoms with E-state index >= 15 is 0 Å². The van der Waals surface area contributed by atoms with E-state index in [2.05, 4.69) is 59.4 Å². The van der Waals surface area contributed by atoms with Gasteiger partial charge in [-0.15, -0.1) is 0 Å². The fraction of sp³-hybridized carbons (Fsp3) is 0.400. The highest BCUT2D eigenvalue weighted by atomic mass is 32.2. The molecular weight excluding hydrogens is 633 g/mol. The van der Waals surface area contributed by atoms with E-state index in [1.807, 2.05) is 54.0 Å². The van der Waals surface area contributed by atoms with E-state index in [1.165, 1.54) is 19.3 Å². The van der Waals surface area contributed by atoms with Gasteiger partial charge in [0.1, 0.15) is 12.4 Å². The van der Waals surface area contributed by atoms with Crippen molar-refractivity contribution in [1.82, 2.24) is 9.55 Å². The lowest BCUT2D eigenvalue weighted by atomic mass is 9.98. The smallest absolute Gasteiger partial charge is 0.251 e. The van der Waals surface area contributed by atoms with Crippen LogP contribution in [0.4, 0.5) is 11.4 Å². The Morgan fingerprint density at radius 1 is 0.918 bits per heavy atom. The van der Waals surface area contributed by atoms with Gasteiger partial charge in [0.25, 0.3) is 5.91 Å². The highest BCUT2D eigenvalue weighted by molar-refractivity contribution is 7.84. The molecule has 0 bridgehead atoms. The number of nitrogens with zero attached hydrogens (tertiary/aromatic N) is 3. The Hall–Kier alpha value is -4.21. The number of rotatable bonds is 17. The van der Waals surface area contributed by atoms with Gasteiger partial charge >= 0.3 is 0 Å². The second-order valence-electron chi connectivity index (χ2n) is 12.5. The fourth-order valence-electron chi connectivity index (χ4n) is 5.93. The van der Waals surface area contributed by atoms with Crippen LogP contribution in [0.1, 0.15) is 70.6 Å². The number of ether oxygens (including phenoxy) is 2.